The van der Waals surface area contributed by atoms with Crippen LogP contribution >= 0.6 is 11.6 Å². The maximum Gasteiger partial charge on any atom is 0.0335 e. The minimum absolute atomic E-state index is 0.713. The standard InChI is InChI=1S/C10H19ClN2/c1-3-12-10-4-6-13(7-5-10)8-9(2)11/h10,12H,2-8H2,1H3. The molecule has 76 valence electrons. The Morgan fingerprint density at radius 3 is 2.62 bits per heavy atom. The van der Waals surface area contributed by atoms with Gasteiger partial charge in [-0.05, 0) is 19.4 Å². The lowest BCUT2D eigenvalue weighted by molar-refractivity contribution is 0.215. The van der Waals surface area contributed by atoms with E-state index in [1.807, 2.05) is 0 Å². The molecule has 0 radical (unpaired) electrons. The molecule has 1 N–H and O–H groups in total. The Morgan fingerprint density at radius 2 is 2.15 bits per heavy atom. The molecule has 0 unspecified atom stereocenters. The molecule has 1 heterocycles. The summed E-state index contributed by atoms with van der Waals surface area (Å²) in [6, 6.07) is 0.713. The van der Waals surface area contributed by atoms with Gasteiger partial charge < -0.3 is 5.32 Å². The molecular formula is C10H19ClN2. The average molecular weight is 203 g/mol. The van der Waals surface area contributed by atoms with Crippen molar-refractivity contribution in [2.45, 2.75) is 25.8 Å². The topological polar surface area (TPSA) is 15.3 Å². The summed E-state index contributed by atoms with van der Waals surface area (Å²) in [7, 11) is 0. The summed E-state index contributed by atoms with van der Waals surface area (Å²) >= 11 is 5.76. The lowest BCUT2D eigenvalue weighted by Gasteiger charge is -2.31. The number of piperidine rings is 1. The van der Waals surface area contributed by atoms with Gasteiger partial charge in [0, 0.05) is 30.7 Å². The predicted octanol–water partition coefficient (Wildman–Crippen LogP) is 1.81. The maximum atomic E-state index is 5.76. The first-order valence-corrected chi connectivity index (χ1v) is 5.39. The molecule has 0 aromatic heterocycles. The van der Waals surface area contributed by atoms with Gasteiger partial charge in [0.05, 0.1) is 0 Å². The molecule has 0 bridgehead atoms. The second-order valence-corrected chi connectivity index (χ2v) is 4.16. The van der Waals surface area contributed by atoms with Gasteiger partial charge in [0.1, 0.15) is 0 Å². The third kappa shape index (κ3) is 4.12. The van der Waals surface area contributed by atoms with E-state index in [4.69, 9.17) is 11.6 Å². The van der Waals surface area contributed by atoms with Crippen LogP contribution in [0.4, 0.5) is 0 Å². The average Bonchev–Trinajstić information content (AvgIpc) is 2.08. The van der Waals surface area contributed by atoms with E-state index < -0.39 is 0 Å². The van der Waals surface area contributed by atoms with Crippen LogP contribution < -0.4 is 5.32 Å². The molecule has 0 aromatic carbocycles. The summed E-state index contributed by atoms with van der Waals surface area (Å²) in [6.45, 7) is 10.1. The molecule has 0 aromatic rings. The number of likely N-dealkylation sites (tertiary alicyclic amines) is 1. The van der Waals surface area contributed by atoms with E-state index >= 15 is 0 Å². The van der Waals surface area contributed by atoms with Crippen molar-refractivity contribution in [2.75, 3.05) is 26.2 Å². The van der Waals surface area contributed by atoms with Crippen molar-refractivity contribution >= 4 is 11.6 Å². The lowest BCUT2D eigenvalue weighted by Crippen LogP contribution is -2.42. The zero-order chi connectivity index (χ0) is 9.68. The van der Waals surface area contributed by atoms with Gasteiger partial charge in [0.2, 0.25) is 0 Å². The minimum Gasteiger partial charge on any atom is -0.314 e. The van der Waals surface area contributed by atoms with E-state index in [0.717, 1.165) is 31.2 Å². The second kappa shape index (κ2) is 5.63. The van der Waals surface area contributed by atoms with Crippen molar-refractivity contribution in [2.24, 2.45) is 0 Å². The molecule has 3 heteroatoms. The zero-order valence-electron chi connectivity index (χ0n) is 8.35. The van der Waals surface area contributed by atoms with Crippen LogP contribution in [0, 0.1) is 0 Å². The Labute approximate surface area is 85.9 Å². The normalized spacial score (nSPS) is 20.5. The Morgan fingerprint density at radius 1 is 1.54 bits per heavy atom. The molecule has 2 nitrogen and oxygen atoms in total. The van der Waals surface area contributed by atoms with E-state index in [0.29, 0.717) is 6.04 Å². The molecule has 0 aliphatic carbocycles. The summed E-state index contributed by atoms with van der Waals surface area (Å²) < 4.78 is 0. The number of nitrogens with zero attached hydrogens (tertiary/aromatic N) is 1. The first-order valence-electron chi connectivity index (χ1n) is 5.01. The van der Waals surface area contributed by atoms with Gasteiger partial charge in [-0.2, -0.15) is 0 Å². The first-order chi connectivity index (χ1) is 6.22. The number of hydrogen-bond acceptors (Lipinski definition) is 2. The van der Waals surface area contributed by atoms with Crippen LogP contribution in [0.2, 0.25) is 0 Å². The van der Waals surface area contributed by atoms with Crippen molar-refractivity contribution in [3.8, 4) is 0 Å². The van der Waals surface area contributed by atoms with Crippen LogP contribution in [0.1, 0.15) is 19.8 Å². The number of halogens is 1. The molecule has 0 saturated carbocycles. The molecule has 1 rings (SSSR count). The molecule has 1 saturated heterocycles. The summed E-state index contributed by atoms with van der Waals surface area (Å²) in [5.74, 6) is 0. The zero-order valence-corrected chi connectivity index (χ0v) is 9.11. The van der Waals surface area contributed by atoms with Gasteiger partial charge in [-0.15, -0.1) is 0 Å². The Bertz CT molecular complexity index is 162. The lowest BCUT2D eigenvalue weighted by atomic mass is 10.1. The van der Waals surface area contributed by atoms with Crippen molar-refractivity contribution in [3.05, 3.63) is 11.6 Å². The fourth-order valence-corrected chi connectivity index (χ4v) is 2.00. The van der Waals surface area contributed by atoms with Crippen molar-refractivity contribution in [1.82, 2.24) is 10.2 Å². The largest absolute Gasteiger partial charge is 0.314 e. The number of rotatable bonds is 4. The van der Waals surface area contributed by atoms with Crippen molar-refractivity contribution in [3.63, 3.8) is 0 Å². The fourth-order valence-electron chi connectivity index (χ4n) is 1.83. The predicted molar refractivity (Wildman–Crippen MR) is 58.1 cm³/mol. The van der Waals surface area contributed by atoms with E-state index in [2.05, 4.69) is 23.7 Å². The Balaban J connectivity index is 2.18. The summed E-state index contributed by atoms with van der Waals surface area (Å²) in [4.78, 5) is 2.36. The fraction of sp³-hybridized carbons (Fsp3) is 0.800. The van der Waals surface area contributed by atoms with E-state index in [1.54, 1.807) is 0 Å². The summed E-state index contributed by atoms with van der Waals surface area (Å²) in [5.41, 5.74) is 0. The van der Waals surface area contributed by atoms with E-state index in [1.165, 1.54) is 12.8 Å². The smallest absolute Gasteiger partial charge is 0.0335 e. The van der Waals surface area contributed by atoms with Gasteiger partial charge >= 0.3 is 0 Å². The third-order valence-electron chi connectivity index (χ3n) is 2.48. The van der Waals surface area contributed by atoms with Gasteiger partial charge in [0.15, 0.2) is 0 Å². The van der Waals surface area contributed by atoms with Crippen molar-refractivity contribution in [1.29, 1.82) is 0 Å². The maximum absolute atomic E-state index is 5.76. The van der Waals surface area contributed by atoms with Crippen LogP contribution in [0.5, 0.6) is 0 Å². The molecule has 13 heavy (non-hydrogen) atoms. The molecule has 1 fully saturated rings. The van der Waals surface area contributed by atoms with Crippen molar-refractivity contribution < 1.29 is 0 Å². The van der Waals surface area contributed by atoms with Crippen LogP contribution in [0.15, 0.2) is 11.6 Å². The highest BCUT2D eigenvalue weighted by molar-refractivity contribution is 6.29. The van der Waals surface area contributed by atoms with Crippen LogP contribution in [0.3, 0.4) is 0 Å². The Hall–Kier alpha value is -0.0500. The monoisotopic (exact) mass is 202 g/mol. The SMILES string of the molecule is C=C(Cl)CN1CCC(NCC)CC1. The highest BCUT2D eigenvalue weighted by atomic mass is 35.5. The van der Waals surface area contributed by atoms with E-state index in [-0.39, 0.29) is 0 Å². The molecule has 0 spiro atoms. The van der Waals surface area contributed by atoms with Gasteiger partial charge in [0.25, 0.3) is 0 Å². The molecule has 1 aliphatic heterocycles. The number of hydrogen-bond donors (Lipinski definition) is 1. The van der Waals surface area contributed by atoms with Crippen LogP contribution in [0.25, 0.3) is 0 Å². The van der Waals surface area contributed by atoms with Crippen LogP contribution in [-0.4, -0.2) is 37.1 Å². The molecule has 0 atom stereocenters. The van der Waals surface area contributed by atoms with Crippen LogP contribution in [-0.2, 0) is 0 Å². The molecule has 0 amide bonds. The highest BCUT2D eigenvalue weighted by Gasteiger charge is 2.17. The molecule has 1 aliphatic rings. The van der Waals surface area contributed by atoms with E-state index in [9.17, 15) is 0 Å². The molecular weight excluding hydrogens is 184 g/mol. The minimum atomic E-state index is 0.713. The van der Waals surface area contributed by atoms with Gasteiger partial charge in [-0.25, -0.2) is 0 Å². The third-order valence-corrected chi connectivity index (χ3v) is 2.60. The first kappa shape index (κ1) is 11.0. The highest BCUT2D eigenvalue weighted by Crippen LogP contribution is 2.12. The van der Waals surface area contributed by atoms with Gasteiger partial charge in [-0.3, -0.25) is 4.90 Å². The quantitative estimate of drug-likeness (QED) is 0.748. The Kier molecular flexibility index (Phi) is 4.78. The van der Waals surface area contributed by atoms with Gasteiger partial charge in [-0.1, -0.05) is 25.1 Å². The summed E-state index contributed by atoms with van der Waals surface area (Å²) in [6.07, 6.45) is 2.47. The summed E-state index contributed by atoms with van der Waals surface area (Å²) in [5, 5.41) is 4.23. The second-order valence-electron chi connectivity index (χ2n) is 3.63. The number of nitrogens with one attached hydrogen (secondary N) is 1.